The Kier molecular flexibility index (Phi) is 4.77. The van der Waals surface area contributed by atoms with E-state index in [2.05, 4.69) is 9.84 Å². The molecule has 0 fully saturated rings. The maximum atomic E-state index is 11.8. The molecule has 1 heterocycles. The van der Waals surface area contributed by atoms with Gasteiger partial charge in [-0.1, -0.05) is 0 Å². The second-order valence-electron chi connectivity index (χ2n) is 4.36. The number of hydrogen-bond donors (Lipinski definition) is 0. The highest BCUT2D eigenvalue weighted by Crippen LogP contribution is 2.31. The lowest BCUT2D eigenvalue weighted by molar-refractivity contribution is -0.141. The van der Waals surface area contributed by atoms with Crippen molar-refractivity contribution in [1.29, 1.82) is 0 Å². The Morgan fingerprint density at radius 2 is 1.91 bits per heavy atom. The maximum absolute atomic E-state index is 11.8. The molecule has 0 spiro atoms. The van der Waals surface area contributed by atoms with Gasteiger partial charge in [0.15, 0.2) is 0 Å². The van der Waals surface area contributed by atoms with Gasteiger partial charge < -0.3 is 14.2 Å². The summed E-state index contributed by atoms with van der Waals surface area (Å²) in [4.78, 5) is 23.1. The van der Waals surface area contributed by atoms with Crippen LogP contribution in [0.3, 0.4) is 0 Å². The summed E-state index contributed by atoms with van der Waals surface area (Å²) in [5.41, 5.74) is 0.798. The number of esters is 1. The van der Waals surface area contributed by atoms with Crippen molar-refractivity contribution < 1.29 is 19.0 Å². The number of methoxy groups -OCH3 is 3. The summed E-state index contributed by atoms with van der Waals surface area (Å²) in [5.74, 6) is 0.645. The molecule has 7 heteroatoms. The van der Waals surface area contributed by atoms with Crippen LogP contribution in [0.15, 0.2) is 35.1 Å². The second kappa shape index (κ2) is 6.75. The molecule has 22 heavy (non-hydrogen) atoms. The van der Waals surface area contributed by atoms with E-state index in [9.17, 15) is 9.59 Å². The van der Waals surface area contributed by atoms with Crippen molar-refractivity contribution in [3.05, 3.63) is 40.7 Å². The number of ether oxygens (including phenoxy) is 3. The minimum absolute atomic E-state index is 0.248. The van der Waals surface area contributed by atoms with Crippen LogP contribution in [0.25, 0.3) is 11.3 Å². The van der Waals surface area contributed by atoms with Crippen molar-refractivity contribution in [1.82, 2.24) is 9.78 Å². The van der Waals surface area contributed by atoms with Gasteiger partial charge in [-0.3, -0.25) is 9.59 Å². The molecule has 116 valence electrons. The van der Waals surface area contributed by atoms with Gasteiger partial charge in [-0.05, 0) is 18.2 Å². The number of nitrogens with zero attached hydrogens (tertiary/aromatic N) is 2. The summed E-state index contributed by atoms with van der Waals surface area (Å²) >= 11 is 0. The Balaban J connectivity index is 2.47. The summed E-state index contributed by atoms with van der Waals surface area (Å²) in [7, 11) is 4.34. The molecule has 0 atom stereocenters. The molecule has 0 bridgehead atoms. The predicted molar refractivity (Wildman–Crippen MR) is 79.1 cm³/mol. The van der Waals surface area contributed by atoms with Crippen LogP contribution < -0.4 is 15.0 Å². The summed E-state index contributed by atoms with van der Waals surface area (Å²) in [6, 6.07) is 8.16. The van der Waals surface area contributed by atoms with Gasteiger partial charge in [0, 0.05) is 17.7 Å². The Labute approximate surface area is 127 Å². The van der Waals surface area contributed by atoms with Crippen LogP contribution in [-0.4, -0.2) is 37.1 Å². The van der Waals surface area contributed by atoms with Gasteiger partial charge in [0.25, 0.3) is 5.56 Å². The van der Waals surface area contributed by atoms with E-state index in [0.717, 1.165) is 4.68 Å². The third kappa shape index (κ3) is 3.25. The zero-order chi connectivity index (χ0) is 16.1. The highest BCUT2D eigenvalue weighted by atomic mass is 16.5. The molecule has 0 radical (unpaired) electrons. The van der Waals surface area contributed by atoms with Gasteiger partial charge in [0.05, 0.1) is 27.0 Å². The van der Waals surface area contributed by atoms with Crippen LogP contribution in [0.5, 0.6) is 11.5 Å². The molecular weight excluding hydrogens is 288 g/mol. The average Bonchev–Trinajstić information content (AvgIpc) is 2.56. The minimum atomic E-state index is -0.548. The zero-order valence-electron chi connectivity index (χ0n) is 12.5. The number of carbonyl (C=O) groups is 1. The molecule has 2 rings (SSSR count). The van der Waals surface area contributed by atoms with Crippen molar-refractivity contribution in [3.63, 3.8) is 0 Å². The molecule has 0 amide bonds. The first-order valence-corrected chi connectivity index (χ1v) is 6.46. The first-order valence-electron chi connectivity index (χ1n) is 6.46. The van der Waals surface area contributed by atoms with Gasteiger partial charge in [-0.15, -0.1) is 0 Å². The largest absolute Gasteiger partial charge is 0.497 e. The molecule has 2 aromatic rings. The third-order valence-electron chi connectivity index (χ3n) is 3.06. The first kappa shape index (κ1) is 15.6. The van der Waals surface area contributed by atoms with Crippen molar-refractivity contribution in [2.75, 3.05) is 21.3 Å². The highest BCUT2D eigenvalue weighted by molar-refractivity contribution is 5.70. The molecule has 0 aliphatic carbocycles. The smallest absolute Gasteiger partial charge is 0.327 e. The van der Waals surface area contributed by atoms with E-state index in [4.69, 9.17) is 9.47 Å². The summed E-state index contributed by atoms with van der Waals surface area (Å²) in [6.07, 6.45) is 0. The van der Waals surface area contributed by atoms with Crippen molar-refractivity contribution in [2.45, 2.75) is 6.54 Å². The molecule has 7 nitrogen and oxygen atoms in total. The van der Waals surface area contributed by atoms with E-state index in [1.54, 1.807) is 31.4 Å². The van der Waals surface area contributed by atoms with E-state index in [-0.39, 0.29) is 12.1 Å². The summed E-state index contributed by atoms with van der Waals surface area (Å²) in [5, 5.41) is 4.18. The average molecular weight is 304 g/mol. The fourth-order valence-corrected chi connectivity index (χ4v) is 1.90. The number of rotatable bonds is 5. The third-order valence-corrected chi connectivity index (χ3v) is 3.06. The normalized spacial score (nSPS) is 10.1. The Morgan fingerprint density at radius 3 is 2.55 bits per heavy atom. The van der Waals surface area contributed by atoms with Gasteiger partial charge in [0.2, 0.25) is 0 Å². The van der Waals surface area contributed by atoms with Crippen LogP contribution in [0.1, 0.15) is 0 Å². The quantitative estimate of drug-likeness (QED) is 0.770. The van der Waals surface area contributed by atoms with Gasteiger partial charge in [0.1, 0.15) is 18.0 Å². The van der Waals surface area contributed by atoms with Crippen molar-refractivity contribution in [3.8, 4) is 22.8 Å². The lowest BCUT2D eigenvalue weighted by Gasteiger charge is -2.11. The zero-order valence-corrected chi connectivity index (χ0v) is 12.5. The van der Waals surface area contributed by atoms with E-state index < -0.39 is 5.97 Å². The summed E-state index contributed by atoms with van der Waals surface area (Å²) < 4.78 is 16.1. The number of hydrogen-bond acceptors (Lipinski definition) is 6. The standard InChI is InChI=1S/C15H16N2O5/c1-20-10-4-5-11(13(8-10)21-2)12-6-7-14(18)17(16-12)9-15(19)22-3/h4-8H,9H2,1-3H3. The summed E-state index contributed by atoms with van der Waals surface area (Å²) in [6.45, 7) is -0.248. The van der Waals surface area contributed by atoms with Gasteiger partial charge >= 0.3 is 5.97 Å². The molecule has 0 saturated carbocycles. The van der Waals surface area contributed by atoms with Crippen LogP contribution in [0, 0.1) is 0 Å². The SMILES string of the molecule is COC(=O)Cn1nc(-c2ccc(OC)cc2OC)ccc1=O. The fourth-order valence-electron chi connectivity index (χ4n) is 1.90. The molecular formula is C15H16N2O5. The Morgan fingerprint density at radius 1 is 1.14 bits per heavy atom. The topological polar surface area (TPSA) is 79.7 Å². The first-order chi connectivity index (χ1) is 10.6. The van der Waals surface area contributed by atoms with E-state index in [1.807, 2.05) is 0 Å². The molecule has 1 aromatic carbocycles. The van der Waals surface area contributed by atoms with E-state index in [0.29, 0.717) is 22.8 Å². The molecule has 0 unspecified atom stereocenters. The van der Waals surface area contributed by atoms with Crippen molar-refractivity contribution >= 4 is 5.97 Å². The minimum Gasteiger partial charge on any atom is -0.497 e. The van der Waals surface area contributed by atoms with Crippen LogP contribution in [-0.2, 0) is 16.1 Å². The second-order valence-corrected chi connectivity index (χ2v) is 4.36. The van der Waals surface area contributed by atoms with E-state index in [1.165, 1.54) is 20.3 Å². The highest BCUT2D eigenvalue weighted by Gasteiger charge is 2.12. The number of benzene rings is 1. The molecule has 0 aliphatic heterocycles. The molecule has 0 saturated heterocycles. The molecule has 0 aliphatic rings. The lowest BCUT2D eigenvalue weighted by Crippen LogP contribution is -2.26. The lowest BCUT2D eigenvalue weighted by atomic mass is 10.1. The van der Waals surface area contributed by atoms with E-state index >= 15 is 0 Å². The maximum Gasteiger partial charge on any atom is 0.327 e. The number of carbonyl (C=O) groups excluding carboxylic acids is 1. The fraction of sp³-hybridized carbons (Fsp3) is 0.267. The molecule has 0 N–H and O–H groups in total. The van der Waals surface area contributed by atoms with Crippen LogP contribution in [0.4, 0.5) is 0 Å². The van der Waals surface area contributed by atoms with Crippen LogP contribution >= 0.6 is 0 Å². The molecule has 1 aromatic heterocycles. The van der Waals surface area contributed by atoms with Crippen molar-refractivity contribution in [2.24, 2.45) is 0 Å². The van der Waals surface area contributed by atoms with Crippen LogP contribution in [0.2, 0.25) is 0 Å². The number of aromatic nitrogens is 2. The Hall–Kier alpha value is -2.83. The Bertz CT molecular complexity index is 739. The van der Waals surface area contributed by atoms with Gasteiger partial charge in [-0.25, -0.2) is 4.68 Å². The van der Waals surface area contributed by atoms with Gasteiger partial charge in [-0.2, -0.15) is 5.10 Å². The predicted octanol–water partition coefficient (Wildman–Crippen LogP) is 1.10. The monoisotopic (exact) mass is 304 g/mol.